The van der Waals surface area contributed by atoms with E-state index < -0.39 is 11.2 Å². The molecule has 1 aliphatic heterocycles. The number of hydrazone groups is 1. The van der Waals surface area contributed by atoms with Crippen molar-refractivity contribution < 1.29 is 23.8 Å². The number of anilines is 1. The van der Waals surface area contributed by atoms with Crippen LogP contribution in [-0.4, -0.2) is 44.3 Å². The SMILES string of the molecule is COC(=O)CC1SC(c2cccc(OC)c2OC)c2cc(Cl)ccc2NC1=NNC(C)=O. The van der Waals surface area contributed by atoms with E-state index in [1.54, 1.807) is 20.3 Å². The minimum absolute atomic E-state index is 0.0388. The predicted molar refractivity (Wildman–Crippen MR) is 126 cm³/mol. The van der Waals surface area contributed by atoms with Gasteiger partial charge < -0.3 is 19.5 Å². The van der Waals surface area contributed by atoms with Crippen molar-refractivity contribution in [1.82, 2.24) is 5.43 Å². The van der Waals surface area contributed by atoms with Crippen molar-refractivity contribution in [2.75, 3.05) is 26.6 Å². The van der Waals surface area contributed by atoms with Crippen molar-refractivity contribution in [3.05, 3.63) is 52.5 Å². The summed E-state index contributed by atoms with van der Waals surface area (Å²) in [5.41, 5.74) is 4.91. The van der Waals surface area contributed by atoms with Crippen LogP contribution in [0.4, 0.5) is 5.69 Å². The van der Waals surface area contributed by atoms with E-state index in [-0.39, 0.29) is 17.6 Å². The van der Waals surface area contributed by atoms with Gasteiger partial charge in [0.05, 0.1) is 38.3 Å². The highest BCUT2D eigenvalue weighted by molar-refractivity contribution is 8.01. The molecule has 0 radical (unpaired) electrons. The quantitative estimate of drug-likeness (QED) is 0.479. The molecule has 0 aliphatic carbocycles. The molecule has 1 aliphatic rings. The second-order valence-electron chi connectivity index (χ2n) is 6.89. The summed E-state index contributed by atoms with van der Waals surface area (Å²) in [7, 11) is 4.49. The summed E-state index contributed by atoms with van der Waals surface area (Å²) in [6, 6.07) is 11.1. The fourth-order valence-electron chi connectivity index (χ4n) is 3.36. The lowest BCUT2D eigenvalue weighted by Crippen LogP contribution is -2.30. The molecule has 2 atom stereocenters. The summed E-state index contributed by atoms with van der Waals surface area (Å²) < 4.78 is 16.1. The van der Waals surface area contributed by atoms with Gasteiger partial charge in [-0.15, -0.1) is 11.8 Å². The van der Waals surface area contributed by atoms with E-state index in [0.717, 1.165) is 16.8 Å². The Balaban J connectivity index is 2.19. The number of nitrogens with zero attached hydrogens (tertiary/aromatic N) is 1. The van der Waals surface area contributed by atoms with E-state index in [9.17, 15) is 9.59 Å². The van der Waals surface area contributed by atoms with Crippen LogP contribution in [0.3, 0.4) is 0 Å². The second-order valence-corrected chi connectivity index (χ2v) is 8.64. The van der Waals surface area contributed by atoms with Crippen LogP contribution in [0.5, 0.6) is 11.5 Å². The smallest absolute Gasteiger partial charge is 0.307 e. The average molecular weight is 478 g/mol. The lowest BCUT2D eigenvalue weighted by atomic mass is 10.0. The van der Waals surface area contributed by atoms with Crippen LogP contribution in [-0.2, 0) is 14.3 Å². The minimum atomic E-state index is -0.457. The van der Waals surface area contributed by atoms with Gasteiger partial charge >= 0.3 is 5.97 Å². The maximum atomic E-state index is 12.2. The lowest BCUT2D eigenvalue weighted by Gasteiger charge is -2.23. The van der Waals surface area contributed by atoms with E-state index in [1.165, 1.54) is 25.8 Å². The molecule has 0 spiro atoms. The van der Waals surface area contributed by atoms with Crippen LogP contribution >= 0.6 is 23.4 Å². The average Bonchev–Trinajstić information content (AvgIpc) is 2.93. The molecule has 0 aromatic heterocycles. The monoisotopic (exact) mass is 477 g/mol. The number of methoxy groups -OCH3 is 3. The molecule has 2 N–H and O–H groups in total. The summed E-state index contributed by atoms with van der Waals surface area (Å²) in [5.74, 6) is 0.858. The van der Waals surface area contributed by atoms with E-state index >= 15 is 0 Å². The third kappa shape index (κ3) is 5.28. The van der Waals surface area contributed by atoms with Gasteiger partial charge in [-0.3, -0.25) is 9.59 Å². The molecular formula is C22H24ClN3O5S. The van der Waals surface area contributed by atoms with Gasteiger partial charge in [0.15, 0.2) is 11.5 Å². The molecule has 2 unspecified atom stereocenters. The van der Waals surface area contributed by atoms with Crippen LogP contribution in [0.2, 0.25) is 5.02 Å². The highest BCUT2D eigenvalue weighted by Crippen LogP contribution is 2.50. The molecule has 0 fully saturated rings. The zero-order valence-electron chi connectivity index (χ0n) is 18.1. The number of rotatable bonds is 6. The number of nitrogens with one attached hydrogen (secondary N) is 2. The molecule has 1 heterocycles. The molecule has 2 aromatic carbocycles. The number of hydrogen-bond donors (Lipinski definition) is 2. The second kappa shape index (κ2) is 10.6. The molecule has 170 valence electrons. The molecule has 2 aromatic rings. The Morgan fingerprint density at radius 2 is 1.94 bits per heavy atom. The van der Waals surface area contributed by atoms with Crippen LogP contribution < -0.4 is 20.2 Å². The van der Waals surface area contributed by atoms with Crippen LogP contribution in [0.1, 0.15) is 29.7 Å². The van der Waals surface area contributed by atoms with Gasteiger partial charge in [-0.05, 0) is 29.8 Å². The number of hydrogen-bond acceptors (Lipinski definition) is 7. The maximum absolute atomic E-state index is 12.2. The first-order chi connectivity index (χ1) is 15.4. The van der Waals surface area contributed by atoms with Crippen molar-refractivity contribution >= 4 is 46.8 Å². The van der Waals surface area contributed by atoms with E-state index in [1.807, 2.05) is 30.3 Å². The fraction of sp³-hybridized carbons (Fsp3) is 0.318. The van der Waals surface area contributed by atoms with E-state index in [2.05, 4.69) is 15.8 Å². The number of halogens is 1. The Labute approximate surface area is 195 Å². The Morgan fingerprint density at radius 1 is 1.16 bits per heavy atom. The van der Waals surface area contributed by atoms with Gasteiger partial charge in [0, 0.05) is 23.2 Å². The molecule has 10 heteroatoms. The lowest BCUT2D eigenvalue weighted by molar-refractivity contribution is -0.140. The largest absolute Gasteiger partial charge is 0.493 e. The number of benzene rings is 2. The van der Waals surface area contributed by atoms with Crippen molar-refractivity contribution in [2.45, 2.75) is 23.8 Å². The number of carbonyl (C=O) groups is 2. The molecule has 0 saturated carbocycles. The summed E-state index contributed by atoms with van der Waals surface area (Å²) in [4.78, 5) is 23.7. The van der Waals surface area contributed by atoms with Crippen molar-refractivity contribution in [3.8, 4) is 11.5 Å². The molecule has 0 saturated heterocycles. The van der Waals surface area contributed by atoms with Crippen molar-refractivity contribution in [2.24, 2.45) is 5.10 Å². The fourth-order valence-corrected chi connectivity index (χ4v) is 5.02. The molecule has 32 heavy (non-hydrogen) atoms. The zero-order chi connectivity index (χ0) is 23.3. The first-order valence-corrected chi connectivity index (χ1v) is 11.0. The Morgan fingerprint density at radius 3 is 2.59 bits per heavy atom. The number of amidine groups is 1. The highest BCUT2D eigenvalue weighted by atomic mass is 35.5. The molecule has 1 amide bonds. The van der Waals surface area contributed by atoms with Gasteiger partial charge in [-0.25, -0.2) is 5.43 Å². The number of fused-ring (bicyclic) bond motifs is 1. The highest BCUT2D eigenvalue weighted by Gasteiger charge is 2.34. The van der Waals surface area contributed by atoms with E-state index in [4.69, 9.17) is 25.8 Å². The van der Waals surface area contributed by atoms with Gasteiger partial charge in [-0.1, -0.05) is 23.7 Å². The predicted octanol–water partition coefficient (Wildman–Crippen LogP) is 3.99. The van der Waals surface area contributed by atoms with Crippen LogP contribution in [0.25, 0.3) is 0 Å². The summed E-state index contributed by atoms with van der Waals surface area (Å²) in [6.07, 6.45) is 0.0388. The third-order valence-electron chi connectivity index (χ3n) is 4.79. The maximum Gasteiger partial charge on any atom is 0.307 e. The number of thioether (sulfide) groups is 1. The normalized spacial score (nSPS) is 18.7. The minimum Gasteiger partial charge on any atom is -0.493 e. The topological polar surface area (TPSA) is 98.2 Å². The third-order valence-corrected chi connectivity index (χ3v) is 6.53. The van der Waals surface area contributed by atoms with Crippen molar-refractivity contribution in [1.29, 1.82) is 0 Å². The Kier molecular flexibility index (Phi) is 7.87. The number of carbonyl (C=O) groups excluding carboxylic acids is 2. The molecular weight excluding hydrogens is 454 g/mol. The molecule has 0 bridgehead atoms. The number of esters is 1. The number of amides is 1. The number of ether oxygens (including phenoxy) is 3. The Bertz CT molecular complexity index is 1050. The van der Waals surface area contributed by atoms with Gasteiger partial charge in [0.2, 0.25) is 5.91 Å². The van der Waals surface area contributed by atoms with Gasteiger partial charge in [0.25, 0.3) is 0 Å². The summed E-state index contributed by atoms with van der Waals surface area (Å²) in [6.45, 7) is 1.36. The standard InChI is InChI=1S/C22H24ClN3O5S/c1-12(27)25-26-22-18(11-19(28)30-3)32-21(15-10-13(23)8-9-16(15)24-22)14-6-5-7-17(29-2)20(14)31-4/h5-10,18,21H,11H2,1-4H3,(H,24,26)(H,25,27). The van der Waals surface area contributed by atoms with Crippen LogP contribution in [0, 0.1) is 0 Å². The zero-order valence-corrected chi connectivity index (χ0v) is 19.7. The van der Waals surface area contributed by atoms with Gasteiger partial charge in [0.1, 0.15) is 5.84 Å². The van der Waals surface area contributed by atoms with Crippen LogP contribution in [0.15, 0.2) is 41.5 Å². The van der Waals surface area contributed by atoms with E-state index in [0.29, 0.717) is 22.4 Å². The summed E-state index contributed by atoms with van der Waals surface area (Å²) >= 11 is 7.81. The van der Waals surface area contributed by atoms with Crippen molar-refractivity contribution in [3.63, 3.8) is 0 Å². The summed E-state index contributed by atoms with van der Waals surface area (Å²) in [5, 5.41) is 7.30. The molecule has 8 nitrogen and oxygen atoms in total. The first kappa shape index (κ1) is 23.7. The molecule has 3 rings (SSSR count). The first-order valence-electron chi connectivity index (χ1n) is 9.71. The number of para-hydroxylation sites is 1. The Hall–Kier alpha value is -2.91. The van der Waals surface area contributed by atoms with Gasteiger partial charge in [-0.2, -0.15) is 5.10 Å².